The number of para-hydroxylation sites is 1. The van der Waals surface area contributed by atoms with Gasteiger partial charge in [0.15, 0.2) is 17.2 Å². The van der Waals surface area contributed by atoms with Crippen LogP contribution in [0.15, 0.2) is 54.6 Å². The number of phenols is 3. The van der Waals surface area contributed by atoms with Crippen molar-refractivity contribution < 1.29 is 34.8 Å². The fourth-order valence-corrected chi connectivity index (χ4v) is 1.41. The number of hydrogen-bond donors (Lipinski definition) is 4. The first-order valence-corrected chi connectivity index (χ1v) is 6.63. The second-order valence-corrected chi connectivity index (χ2v) is 4.65. The van der Waals surface area contributed by atoms with Gasteiger partial charge in [-0.3, -0.25) is 0 Å². The van der Waals surface area contributed by atoms with Crippen molar-refractivity contribution in [3.8, 4) is 23.0 Å². The number of esters is 1. The Kier molecular flexibility index (Phi) is 6.37. The van der Waals surface area contributed by atoms with Gasteiger partial charge in [-0.1, -0.05) is 24.8 Å². The van der Waals surface area contributed by atoms with Crippen molar-refractivity contribution in [2.45, 2.75) is 6.92 Å². The van der Waals surface area contributed by atoms with E-state index in [2.05, 4.69) is 6.58 Å². The highest BCUT2D eigenvalue weighted by molar-refractivity contribution is 5.89. The third-order valence-corrected chi connectivity index (χ3v) is 2.62. The van der Waals surface area contributed by atoms with Crippen LogP contribution in [0.25, 0.3) is 0 Å². The molecule has 2 rings (SSSR count). The molecular formula is C17H16O7. The van der Waals surface area contributed by atoms with Gasteiger partial charge >= 0.3 is 11.9 Å². The highest BCUT2D eigenvalue weighted by atomic mass is 16.5. The second kappa shape index (κ2) is 8.23. The van der Waals surface area contributed by atoms with E-state index in [1.807, 2.05) is 6.07 Å². The lowest BCUT2D eigenvalue weighted by atomic mass is 10.2. The Morgan fingerprint density at radius 1 is 1.00 bits per heavy atom. The van der Waals surface area contributed by atoms with Crippen molar-refractivity contribution in [3.63, 3.8) is 0 Å². The number of hydrogen-bond acceptors (Lipinski definition) is 6. The molecule has 0 bridgehead atoms. The van der Waals surface area contributed by atoms with Crippen LogP contribution in [0.4, 0.5) is 0 Å². The van der Waals surface area contributed by atoms with Crippen LogP contribution in [0.1, 0.15) is 17.3 Å². The summed E-state index contributed by atoms with van der Waals surface area (Å²) >= 11 is 0. The molecule has 4 N–H and O–H groups in total. The Balaban J connectivity index is 0.000000240. The Morgan fingerprint density at radius 2 is 1.50 bits per heavy atom. The van der Waals surface area contributed by atoms with Crippen molar-refractivity contribution in [2.75, 3.05) is 0 Å². The molecule has 0 unspecified atom stereocenters. The molecule has 0 saturated carbocycles. The first kappa shape index (κ1) is 18.6. The zero-order chi connectivity index (χ0) is 18.3. The molecule has 0 aliphatic carbocycles. The molecule has 0 fully saturated rings. The van der Waals surface area contributed by atoms with Gasteiger partial charge in [-0.2, -0.15) is 0 Å². The second-order valence-electron chi connectivity index (χ2n) is 4.65. The predicted molar refractivity (Wildman–Crippen MR) is 85.3 cm³/mol. The Labute approximate surface area is 137 Å². The molecule has 0 spiro atoms. The number of benzene rings is 2. The minimum atomic E-state index is -1.29. The topological polar surface area (TPSA) is 124 Å². The molecule has 0 aromatic heterocycles. The molecule has 7 nitrogen and oxygen atoms in total. The molecule has 0 saturated heterocycles. The van der Waals surface area contributed by atoms with Gasteiger partial charge in [0.25, 0.3) is 0 Å². The van der Waals surface area contributed by atoms with Crippen molar-refractivity contribution in [1.82, 2.24) is 0 Å². The van der Waals surface area contributed by atoms with Gasteiger partial charge in [-0.05, 0) is 31.2 Å². The van der Waals surface area contributed by atoms with Gasteiger partial charge in [0.05, 0.1) is 5.56 Å². The summed E-state index contributed by atoms with van der Waals surface area (Å²) in [4.78, 5) is 21.3. The van der Waals surface area contributed by atoms with Crippen LogP contribution in [-0.2, 0) is 4.79 Å². The smallest absolute Gasteiger partial charge is 0.338 e. The number of carbonyl (C=O) groups is 2. The lowest BCUT2D eigenvalue weighted by Crippen LogP contribution is -2.07. The van der Waals surface area contributed by atoms with Crippen molar-refractivity contribution in [1.29, 1.82) is 0 Å². The summed E-state index contributed by atoms with van der Waals surface area (Å²) in [6.07, 6.45) is 0. The number of rotatable bonds is 3. The van der Waals surface area contributed by atoms with Crippen LogP contribution in [0.2, 0.25) is 0 Å². The highest BCUT2D eigenvalue weighted by Crippen LogP contribution is 2.35. The fraction of sp³-hybridized carbons (Fsp3) is 0.0588. The first-order valence-electron chi connectivity index (χ1n) is 6.63. The molecule has 0 atom stereocenters. The number of carboxylic acid groups (broad SMARTS) is 1. The number of phenolic OH excluding ortho intramolecular Hbond substituents is 3. The summed E-state index contributed by atoms with van der Waals surface area (Å²) in [7, 11) is 0. The van der Waals surface area contributed by atoms with E-state index in [4.69, 9.17) is 25.2 Å². The first-order chi connectivity index (χ1) is 11.2. The average molecular weight is 332 g/mol. The number of aromatic carboxylic acids is 1. The summed E-state index contributed by atoms with van der Waals surface area (Å²) < 4.78 is 4.94. The van der Waals surface area contributed by atoms with Crippen molar-refractivity contribution >= 4 is 11.9 Å². The molecule has 2 aromatic carbocycles. The van der Waals surface area contributed by atoms with E-state index in [1.165, 1.54) is 0 Å². The monoisotopic (exact) mass is 332 g/mol. The number of carbonyl (C=O) groups excluding carboxylic acids is 1. The minimum Gasteiger partial charge on any atom is -0.504 e. The van der Waals surface area contributed by atoms with E-state index < -0.39 is 23.2 Å². The molecule has 24 heavy (non-hydrogen) atoms. The fourth-order valence-electron chi connectivity index (χ4n) is 1.41. The number of carboxylic acids is 1. The van der Waals surface area contributed by atoms with E-state index in [0.29, 0.717) is 11.3 Å². The molecular weight excluding hydrogens is 316 g/mol. The van der Waals surface area contributed by atoms with Gasteiger partial charge in [0.1, 0.15) is 5.75 Å². The van der Waals surface area contributed by atoms with E-state index in [9.17, 15) is 9.59 Å². The molecule has 126 valence electrons. The summed E-state index contributed by atoms with van der Waals surface area (Å²) in [5, 5.41) is 35.0. The standard InChI is InChI=1S/C10H10O2.C7H6O5/c1-8(2)10(11)12-9-6-4-3-5-7-9;8-4-1-3(7(11)12)2-5(9)6(4)10/h3-7H,1H2,2H3;1-2,8-10H,(H,11,12). The lowest BCUT2D eigenvalue weighted by molar-refractivity contribution is -0.130. The SMILES string of the molecule is C=C(C)C(=O)Oc1ccccc1.O=C(O)c1cc(O)c(O)c(O)c1. The van der Waals surface area contributed by atoms with Crippen LogP contribution in [0, 0.1) is 0 Å². The summed E-state index contributed by atoms with van der Waals surface area (Å²) in [6, 6.07) is 10.6. The van der Waals surface area contributed by atoms with Crippen LogP contribution in [0.3, 0.4) is 0 Å². The Hall–Kier alpha value is -3.48. The zero-order valence-corrected chi connectivity index (χ0v) is 12.8. The molecule has 7 heteroatoms. The molecule has 0 amide bonds. The maximum Gasteiger partial charge on any atom is 0.338 e. The van der Waals surface area contributed by atoms with Gasteiger partial charge < -0.3 is 25.2 Å². The summed E-state index contributed by atoms with van der Waals surface area (Å²) in [6.45, 7) is 5.09. The van der Waals surface area contributed by atoms with E-state index >= 15 is 0 Å². The van der Waals surface area contributed by atoms with E-state index in [1.54, 1.807) is 31.2 Å². The molecule has 0 aliphatic heterocycles. The van der Waals surface area contributed by atoms with E-state index in [-0.39, 0.29) is 11.5 Å². The Morgan fingerprint density at radius 3 is 1.92 bits per heavy atom. The quantitative estimate of drug-likeness (QED) is 0.295. The normalized spacial score (nSPS) is 9.38. The van der Waals surface area contributed by atoms with Gasteiger partial charge in [0.2, 0.25) is 0 Å². The number of aromatic hydroxyl groups is 3. The van der Waals surface area contributed by atoms with Crippen LogP contribution in [-0.4, -0.2) is 32.4 Å². The summed E-state index contributed by atoms with van der Waals surface area (Å²) in [5.41, 5.74) is 0.113. The van der Waals surface area contributed by atoms with E-state index in [0.717, 1.165) is 12.1 Å². The maximum atomic E-state index is 11.0. The third kappa shape index (κ3) is 5.38. The van der Waals surface area contributed by atoms with Gasteiger partial charge in [-0.25, -0.2) is 9.59 Å². The lowest BCUT2D eigenvalue weighted by Gasteiger charge is -2.01. The maximum absolute atomic E-state index is 11.0. The van der Waals surface area contributed by atoms with Crippen LogP contribution in [0.5, 0.6) is 23.0 Å². The molecule has 2 aromatic rings. The predicted octanol–water partition coefficient (Wildman–Crippen LogP) is 2.67. The molecule has 0 heterocycles. The van der Waals surface area contributed by atoms with Crippen LogP contribution >= 0.6 is 0 Å². The van der Waals surface area contributed by atoms with Crippen LogP contribution < -0.4 is 4.74 Å². The minimum absolute atomic E-state index is 0.289. The van der Waals surface area contributed by atoms with Gasteiger partial charge in [-0.15, -0.1) is 0 Å². The third-order valence-electron chi connectivity index (χ3n) is 2.62. The van der Waals surface area contributed by atoms with Crippen molar-refractivity contribution in [2.24, 2.45) is 0 Å². The zero-order valence-electron chi connectivity index (χ0n) is 12.8. The molecule has 0 radical (unpaired) electrons. The largest absolute Gasteiger partial charge is 0.504 e. The van der Waals surface area contributed by atoms with Crippen molar-refractivity contribution in [3.05, 3.63) is 60.2 Å². The number of ether oxygens (including phenoxy) is 1. The average Bonchev–Trinajstić information content (AvgIpc) is 2.53. The molecule has 0 aliphatic rings. The Bertz CT molecular complexity index is 728. The highest BCUT2D eigenvalue weighted by Gasteiger charge is 2.11. The summed E-state index contributed by atoms with van der Waals surface area (Å²) in [5.74, 6) is -3.17. The van der Waals surface area contributed by atoms with Gasteiger partial charge in [0, 0.05) is 5.57 Å².